The molecule has 19 heavy (non-hydrogen) atoms. The Morgan fingerprint density at radius 2 is 2.26 bits per heavy atom. The van der Waals surface area contributed by atoms with Gasteiger partial charge in [0.1, 0.15) is 4.90 Å². The number of aliphatic hydroxyl groups excluding tert-OH is 1. The number of nitrogens with one attached hydrogen (secondary N) is 1. The molecule has 2 aromatic heterocycles. The average molecular weight is 282 g/mol. The minimum absolute atomic E-state index is 0.0871. The van der Waals surface area contributed by atoms with E-state index in [0.717, 1.165) is 0 Å². The summed E-state index contributed by atoms with van der Waals surface area (Å²) in [6, 6.07) is 4.53. The second-order valence-corrected chi connectivity index (χ2v) is 5.51. The fourth-order valence-electron chi connectivity index (χ4n) is 1.65. The van der Waals surface area contributed by atoms with Gasteiger partial charge in [-0.15, -0.1) is 5.10 Å². The first kappa shape index (κ1) is 13.5. The zero-order valence-corrected chi connectivity index (χ0v) is 11.1. The molecular formula is C11H14N4O3S. The van der Waals surface area contributed by atoms with Crippen LogP contribution in [0, 0.1) is 0 Å². The van der Waals surface area contributed by atoms with Crippen molar-refractivity contribution in [3.8, 4) is 0 Å². The fraction of sp³-hybridized carbons (Fsp3) is 0.273. The van der Waals surface area contributed by atoms with Crippen molar-refractivity contribution in [2.24, 2.45) is 0 Å². The highest BCUT2D eigenvalue weighted by molar-refractivity contribution is 7.92. The minimum atomic E-state index is -3.72. The van der Waals surface area contributed by atoms with Gasteiger partial charge < -0.3 is 9.67 Å². The van der Waals surface area contributed by atoms with E-state index in [1.807, 2.05) is 6.92 Å². The molecular weight excluding hydrogens is 268 g/mol. The van der Waals surface area contributed by atoms with Gasteiger partial charge in [0.05, 0.1) is 6.61 Å². The number of sulfonamides is 1. The molecule has 2 N–H and O–H groups in total. The molecule has 0 saturated heterocycles. The zero-order valence-electron chi connectivity index (χ0n) is 10.3. The van der Waals surface area contributed by atoms with Crippen LogP contribution in [0.5, 0.6) is 0 Å². The maximum Gasteiger partial charge on any atom is 0.264 e. The molecule has 7 nitrogen and oxygen atoms in total. The van der Waals surface area contributed by atoms with Crippen molar-refractivity contribution in [3.63, 3.8) is 0 Å². The van der Waals surface area contributed by atoms with E-state index in [0.29, 0.717) is 12.2 Å². The first-order chi connectivity index (χ1) is 9.06. The highest BCUT2D eigenvalue weighted by atomic mass is 32.2. The summed E-state index contributed by atoms with van der Waals surface area (Å²) < 4.78 is 28.2. The van der Waals surface area contributed by atoms with Crippen molar-refractivity contribution in [3.05, 3.63) is 36.3 Å². The molecule has 0 bridgehead atoms. The number of nitrogens with zero attached hydrogens (tertiary/aromatic N) is 3. The van der Waals surface area contributed by atoms with Gasteiger partial charge in [0.25, 0.3) is 10.0 Å². The van der Waals surface area contributed by atoms with E-state index in [-0.39, 0.29) is 17.3 Å². The molecule has 0 amide bonds. The van der Waals surface area contributed by atoms with Gasteiger partial charge in [-0.2, -0.15) is 5.10 Å². The summed E-state index contributed by atoms with van der Waals surface area (Å²) in [6.45, 7) is 2.23. The third-order valence-corrected chi connectivity index (χ3v) is 3.91. The Balaban J connectivity index is 2.32. The van der Waals surface area contributed by atoms with E-state index in [1.54, 1.807) is 10.6 Å². The summed E-state index contributed by atoms with van der Waals surface area (Å²) in [4.78, 5) is 0.0871. The van der Waals surface area contributed by atoms with E-state index in [2.05, 4.69) is 14.9 Å². The van der Waals surface area contributed by atoms with Gasteiger partial charge in [-0.25, -0.2) is 8.42 Å². The number of anilines is 1. The standard InChI is InChI=1S/C11H14N4O3S/c1-2-15-7-10(6-9(15)8-16)19(17,18)14-11-4-3-5-12-13-11/h3-7,16H,2,8H2,1H3,(H,13,14). The number of rotatable bonds is 5. The van der Waals surface area contributed by atoms with Gasteiger partial charge in [0.15, 0.2) is 5.82 Å². The van der Waals surface area contributed by atoms with Gasteiger partial charge in [-0.1, -0.05) is 0 Å². The van der Waals surface area contributed by atoms with Crippen molar-refractivity contribution in [1.82, 2.24) is 14.8 Å². The van der Waals surface area contributed by atoms with E-state index < -0.39 is 10.0 Å². The summed E-state index contributed by atoms with van der Waals surface area (Å²) in [5, 5.41) is 16.4. The monoisotopic (exact) mass is 282 g/mol. The summed E-state index contributed by atoms with van der Waals surface area (Å²) in [5.74, 6) is 0.150. The molecule has 8 heteroatoms. The Hall–Kier alpha value is -1.93. The first-order valence-corrected chi connectivity index (χ1v) is 7.15. The zero-order chi connectivity index (χ0) is 13.9. The van der Waals surface area contributed by atoms with E-state index in [1.165, 1.54) is 24.5 Å². The van der Waals surface area contributed by atoms with Crippen LogP contribution in [0.3, 0.4) is 0 Å². The van der Waals surface area contributed by atoms with Crippen LogP contribution in [-0.2, 0) is 23.2 Å². The summed E-state index contributed by atoms with van der Waals surface area (Å²) in [6.07, 6.45) is 2.93. The van der Waals surface area contributed by atoms with Crippen molar-refractivity contribution in [2.75, 3.05) is 4.72 Å². The summed E-state index contributed by atoms with van der Waals surface area (Å²) >= 11 is 0. The number of aromatic nitrogens is 3. The summed E-state index contributed by atoms with van der Waals surface area (Å²) in [5.41, 5.74) is 0.544. The molecule has 0 saturated carbocycles. The van der Waals surface area contributed by atoms with E-state index in [9.17, 15) is 8.42 Å². The van der Waals surface area contributed by atoms with Crippen LogP contribution in [0.25, 0.3) is 0 Å². The average Bonchev–Trinajstić information content (AvgIpc) is 2.83. The van der Waals surface area contributed by atoms with Crippen molar-refractivity contribution >= 4 is 15.8 Å². The molecule has 0 aromatic carbocycles. The molecule has 2 aromatic rings. The number of hydrogen-bond donors (Lipinski definition) is 2. The Morgan fingerprint density at radius 3 is 2.79 bits per heavy atom. The Morgan fingerprint density at radius 1 is 1.47 bits per heavy atom. The Labute approximate surface area is 111 Å². The molecule has 0 aliphatic carbocycles. The lowest BCUT2D eigenvalue weighted by molar-refractivity contribution is 0.271. The van der Waals surface area contributed by atoms with Crippen molar-refractivity contribution in [1.29, 1.82) is 0 Å². The largest absolute Gasteiger partial charge is 0.390 e. The predicted octanol–water partition coefficient (Wildman–Crippen LogP) is 0.591. The van der Waals surface area contributed by atoms with Crippen LogP contribution in [0.15, 0.2) is 35.5 Å². The second-order valence-electron chi connectivity index (χ2n) is 3.83. The van der Waals surface area contributed by atoms with Gasteiger partial charge in [0, 0.05) is 24.6 Å². The highest BCUT2D eigenvalue weighted by Gasteiger charge is 2.18. The molecule has 2 heterocycles. The smallest absolute Gasteiger partial charge is 0.264 e. The Kier molecular flexibility index (Phi) is 3.82. The van der Waals surface area contributed by atoms with E-state index >= 15 is 0 Å². The minimum Gasteiger partial charge on any atom is -0.390 e. The first-order valence-electron chi connectivity index (χ1n) is 5.67. The highest BCUT2D eigenvalue weighted by Crippen LogP contribution is 2.17. The third kappa shape index (κ3) is 2.91. The van der Waals surface area contributed by atoms with Crippen molar-refractivity contribution < 1.29 is 13.5 Å². The van der Waals surface area contributed by atoms with Crippen LogP contribution < -0.4 is 4.72 Å². The van der Waals surface area contributed by atoms with Crippen LogP contribution in [0.1, 0.15) is 12.6 Å². The van der Waals surface area contributed by atoms with E-state index in [4.69, 9.17) is 5.11 Å². The van der Waals surface area contributed by atoms with Crippen LogP contribution in [0.2, 0.25) is 0 Å². The number of hydrogen-bond acceptors (Lipinski definition) is 5. The Bertz CT molecular complexity index is 630. The SMILES string of the molecule is CCn1cc(S(=O)(=O)Nc2cccnn2)cc1CO. The molecule has 0 aliphatic heterocycles. The van der Waals surface area contributed by atoms with Crippen LogP contribution in [-0.4, -0.2) is 28.3 Å². The lowest BCUT2D eigenvalue weighted by atomic mass is 10.4. The molecule has 0 atom stereocenters. The molecule has 0 fully saturated rings. The molecule has 2 rings (SSSR count). The normalized spacial score (nSPS) is 11.5. The molecule has 0 radical (unpaired) electrons. The molecule has 102 valence electrons. The maximum atomic E-state index is 12.1. The lowest BCUT2D eigenvalue weighted by Gasteiger charge is -2.04. The topological polar surface area (TPSA) is 97.1 Å². The van der Waals surface area contributed by atoms with Crippen molar-refractivity contribution in [2.45, 2.75) is 25.0 Å². The maximum absolute atomic E-state index is 12.1. The van der Waals surface area contributed by atoms with Gasteiger partial charge in [0.2, 0.25) is 0 Å². The van der Waals surface area contributed by atoms with Crippen LogP contribution >= 0.6 is 0 Å². The lowest BCUT2D eigenvalue weighted by Crippen LogP contribution is -2.13. The number of aliphatic hydroxyl groups is 1. The third-order valence-electron chi connectivity index (χ3n) is 2.59. The molecule has 0 spiro atoms. The summed E-state index contributed by atoms with van der Waals surface area (Å²) in [7, 11) is -3.72. The van der Waals surface area contributed by atoms with Gasteiger partial charge in [-0.05, 0) is 25.1 Å². The van der Waals surface area contributed by atoms with Gasteiger partial charge in [-0.3, -0.25) is 4.72 Å². The molecule has 0 unspecified atom stereocenters. The van der Waals surface area contributed by atoms with Crippen LogP contribution in [0.4, 0.5) is 5.82 Å². The second kappa shape index (κ2) is 5.37. The fourth-order valence-corrected chi connectivity index (χ4v) is 2.71. The predicted molar refractivity (Wildman–Crippen MR) is 68.9 cm³/mol. The molecule has 0 aliphatic rings. The van der Waals surface area contributed by atoms with Gasteiger partial charge >= 0.3 is 0 Å². The number of aryl methyl sites for hydroxylation is 1. The quantitative estimate of drug-likeness (QED) is 0.836.